The average molecular weight is 259 g/mol. The van der Waals surface area contributed by atoms with Gasteiger partial charge in [-0.2, -0.15) is 0 Å². The third-order valence-electron chi connectivity index (χ3n) is 4.56. The summed E-state index contributed by atoms with van der Waals surface area (Å²) in [7, 11) is 0. The van der Waals surface area contributed by atoms with Crippen LogP contribution in [0.15, 0.2) is 30.3 Å². The summed E-state index contributed by atoms with van der Waals surface area (Å²) in [6.45, 7) is 9.36. The van der Waals surface area contributed by atoms with Crippen LogP contribution in [0.4, 0.5) is 0 Å². The molecule has 1 aromatic rings. The van der Waals surface area contributed by atoms with E-state index in [1.165, 1.54) is 31.2 Å². The summed E-state index contributed by atoms with van der Waals surface area (Å²) in [4.78, 5) is 0. The fraction of sp³-hybridized carbons (Fsp3) is 0.667. The van der Waals surface area contributed by atoms with Crippen LogP contribution >= 0.6 is 0 Å². The van der Waals surface area contributed by atoms with Crippen molar-refractivity contribution in [2.45, 2.75) is 65.5 Å². The molecule has 0 spiro atoms. The highest BCUT2D eigenvalue weighted by Gasteiger charge is 2.32. The molecule has 1 nitrogen and oxygen atoms in total. The number of hydrogen-bond donors (Lipinski definition) is 1. The van der Waals surface area contributed by atoms with Gasteiger partial charge in [0, 0.05) is 12.1 Å². The Balaban J connectivity index is 2.16. The van der Waals surface area contributed by atoms with E-state index in [1.807, 2.05) is 0 Å². The Labute approximate surface area is 118 Å². The summed E-state index contributed by atoms with van der Waals surface area (Å²) >= 11 is 0. The van der Waals surface area contributed by atoms with Crippen molar-refractivity contribution in [1.29, 1.82) is 0 Å². The van der Waals surface area contributed by atoms with Gasteiger partial charge in [0.1, 0.15) is 0 Å². The zero-order valence-electron chi connectivity index (χ0n) is 12.9. The molecule has 3 unspecified atom stereocenters. The number of nitrogens with one attached hydrogen (secondary N) is 1. The quantitative estimate of drug-likeness (QED) is 0.807. The smallest absolute Gasteiger partial charge is 0.0371 e. The van der Waals surface area contributed by atoms with Crippen molar-refractivity contribution < 1.29 is 0 Å². The molecule has 1 N–H and O–H groups in total. The predicted molar refractivity (Wildman–Crippen MR) is 83.2 cm³/mol. The number of benzene rings is 1. The van der Waals surface area contributed by atoms with Gasteiger partial charge in [-0.3, -0.25) is 0 Å². The highest BCUT2D eigenvalue weighted by atomic mass is 15.0. The van der Waals surface area contributed by atoms with Gasteiger partial charge in [-0.25, -0.2) is 0 Å². The molecule has 1 aromatic carbocycles. The van der Waals surface area contributed by atoms with Crippen molar-refractivity contribution in [1.82, 2.24) is 5.32 Å². The van der Waals surface area contributed by atoms with Gasteiger partial charge in [-0.05, 0) is 29.7 Å². The van der Waals surface area contributed by atoms with E-state index in [2.05, 4.69) is 63.3 Å². The minimum atomic E-state index is 0.252. The molecular formula is C18H29N. The lowest BCUT2D eigenvalue weighted by molar-refractivity contribution is 0.228. The van der Waals surface area contributed by atoms with Crippen LogP contribution < -0.4 is 5.32 Å². The van der Waals surface area contributed by atoms with Crippen molar-refractivity contribution in [2.24, 2.45) is 11.3 Å². The van der Waals surface area contributed by atoms with E-state index in [9.17, 15) is 0 Å². The lowest BCUT2D eigenvalue weighted by Crippen LogP contribution is -2.41. The summed E-state index contributed by atoms with van der Waals surface area (Å²) < 4.78 is 0. The number of rotatable bonds is 4. The summed E-state index contributed by atoms with van der Waals surface area (Å²) in [5.74, 6) is 0.869. The molecule has 1 fully saturated rings. The Morgan fingerprint density at radius 2 is 1.84 bits per heavy atom. The molecule has 0 aromatic heterocycles. The molecule has 1 heteroatoms. The van der Waals surface area contributed by atoms with Gasteiger partial charge in [0.2, 0.25) is 0 Å². The molecule has 0 aliphatic heterocycles. The molecule has 2 rings (SSSR count). The third-order valence-corrected chi connectivity index (χ3v) is 4.56. The molecular weight excluding hydrogens is 230 g/mol. The minimum Gasteiger partial charge on any atom is -0.306 e. The molecule has 1 aliphatic rings. The summed E-state index contributed by atoms with van der Waals surface area (Å²) in [5, 5.41) is 3.97. The Hall–Kier alpha value is -0.820. The SMILES string of the molecule is CCC1CCCC1NC(c1ccccc1)C(C)(C)C. The predicted octanol–water partition coefficient (Wildman–Crippen LogP) is 4.94. The van der Waals surface area contributed by atoms with Gasteiger partial charge >= 0.3 is 0 Å². The first-order valence-corrected chi connectivity index (χ1v) is 7.83. The molecule has 3 atom stereocenters. The van der Waals surface area contributed by atoms with Crippen LogP contribution in [-0.2, 0) is 0 Å². The van der Waals surface area contributed by atoms with E-state index < -0.39 is 0 Å². The molecule has 19 heavy (non-hydrogen) atoms. The van der Waals surface area contributed by atoms with Gasteiger partial charge in [0.05, 0.1) is 0 Å². The van der Waals surface area contributed by atoms with Crippen molar-refractivity contribution in [3.8, 4) is 0 Å². The second-order valence-corrected chi connectivity index (χ2v) is 7.08. The Morgan fingerprint density at radius 1 is 1.16 bits per heavy atom. The summed E-state index contributed by atoms with van der Waals surface area (Å²) in [6.07, 6.45) is 5.45. The minimum absolute atomic E-state index is 0.252. The Bertz CT molecular complexity index is 376. The van der Waals surface area contributed by atoms with E-state index in [0.717, 1.165) is 5.92 Å². The van der Waals surface area contributed by atoms with Crippen LogP contribution in [0.25, 0.3) is 0 Å². The van der Waals surface area contributed by atoms with E-state index in [1.54, 1.807) is 0 Å². The van der Waals surface area contributed by atoms with Crippen LogP contribution in [0.5, 0.6) is 0 Å². The van der Waals surface area contributed by atoms with Gasteiger partial charge in [-0.15, -0.1) is 0 Å². The first-order valence-electron chi connectivity index (χ1n) is 7.83. The van der Waals surface area contributed by atoms with Crippen LogP contribution in [0.2, 0.25) is 0 Å². The van der Waals surface area contributed by atoms with Gasteiger partial charge in [0.25, 0.3) is 0 Å². The van der Waals surface area contributed by atoms with Crippen molar-refractivity contribution in [3.63, 3.8) is 0 Å². The summed E-state index contributed by atoms with van der Waals surface area (Å²) in [5.41, 5.74) is 1.68. The lowest BCUT2D eigenvalue weighted by Gasteiger charge is -2.36. The maximum Gasteiger partial charge on any atom is 0.0371 e. The standard InChI is InChI=1S/C18H29N/c1-5-14-12-9-13-16(14)19-17(18(2,3)4)15-10-7-6-8-11-15/h6-8,10-11,14,16-17,19H,5,9,12-13H2,1-4H3. The first kappa shape index (κ1) is 14.6. The molecule has 106 valence electrons. The number of hydrogen-bond acceptors (Lipinski definition) is 1. The van der Waals surface area contributed by atoms with E-state index in [4.69, 9.17) is 0 Å². The summed E-state index contributed by atoms with van der Waals surface area (Å²) in [6, 6.07) is 12.1. The second-order valence-electron chi connectivity index (χ2n) is 7.08. The van der Waals surface area contributed by atoms with Gasteiger partial charge in [-0.1, -0.05) is 70.9 Å². The highest BCUT2D eigenvalue weighted by molar-refractivity contribution is 5.21. The highest BCUT2D eigenvalue weighted by Crippen LogP contribution is 2.37. The zero-order chi connectivity index (χ0) is 13.9. The first-order chi connectivity index (χ1) is 9.02. The van der Waals surface area contributed by atoms with Crippen molar-refractivity contribution in [2.75, 3.05) is 0 Å². The van der Waals surface area contributed by atoms with E-state index in [-0.39, 0.29) is 5.41 Å². The monoisotopic (exact) mass is 259 g/mol. The van der Waals surface area contributed by atoms with Crippen LogP contribution in [0, 0.1) is 11.3 Å². The van der Waals surface area contributed by atoms with Crippen molar-refractivity contribution >= 4 is 0 Å². The van der Waals surface area contributed by atoms with E-state index in [0.29, 0.717) is 12.1 Å². The topological polar surface area (TPSA) is 12.0 Å². The molecule has 0 bridgehead atoms. The maximum absolute atomic E-state index is 3.97. The fourth-order valence-corrected chi connectivity index (χ4v) is 3.45. The van der Waals surface area contributed by atoms with Crippen LogP contribution in [-0.4, -0.2) is 6.04 Å². The second kappa shape index (κ2) is 6.09. The molecule has 0 radical (unpaired) electrons. The molecule has 0 heterocycles. The van der Waals surface area contributed by atoms with Gasteiger partial charge < -0.3 is 5.32 Å². The van der Waals surface area contributed by atoms with Crippen LogP contribution in [0.3, 0.4) is 0 Å². The third kappa shape index (κ3) is 3.60. The molecule has 1 saturated carbocycles. The normalized spacial score (nSPS) is 25.5. The van der Waals surface area contributed by atoms with Crippen molar-refractivity contribution in [3.05, 3.63) is 35.9 Å². The lowest BCUT2D eigenvalue weighted by atomic mass is 9.81. The molecule has 0 amide bonds. The van der Waals surface area contributed by atoms with Crippen LogP contribution in [0.1, 0.15) is 65.0 Å². The van der Waals surface area contributed by atoms with E-state index >= 15 is 0 Å². The molecule has 0 saturated heterocycles. The Morgan fingerprint density at radius 3 is 2.42 bits per heavy atom. The zero-order valence-corrected chi connectivity index (χ0v) is 12.9. The fourth-order valence-electron chi connectivity index (χ4n) is 3.45. The maximum atomic E-state index is 3.97. The Kier molecular flexibility index (Phi) is 4.67. The largest absolute Gasteiger partial charge is 0.306 e. The average Bonchev–Trinajstić information content (AvgIpc) is 2.83. The van der Waals surface area contributed by atoms with Gasteiger partial charge in [0.15, 0.2) is 0 Å². The molecule has 1 aliphatic carbocycles.